The van der Waals surface area contributed by atoms with Crippen molar-refractivity contribution in [3.63, 3.8) is 0 Å². The van der Waals surface area contributed by atoms with Crippen molar-refractivity contribution in [2.24, 2.45) is 7.05 Å². The van der Waals surface area contributed by atoms with E-state index < -0.39 is 0 Å². The summed E-state index contributed by atoms with van der Waals surface area (Å²) in [6, 6.07) is 5.88. The first kappa shape index (κ1) is 9.02. The first-order valence-electron chi connectivity index (χ1n) is 4.55. The molecule has 0 atom stereocenters. The van der Waals surface area contributed by atoms with Crippen LogP contribution in [0.15, 0.2) is 23.0 Å². The number of nitrogens with zero attached hydrogens (tertiary/aromatic N) is 1. The normalized spacial score (nSPS) is 11.0. The maximum absolute atomic E-state index is 11.4. The molecule has 0 amide bonds. The van der Waals surface area contributed by atoms with Crippen molar-refractivity contribution in [1.29, 1.82) is 0 Å². The Balaban J connectivity index is 2.77. The quantitative estimate of drug-likeness (QED) is 0.729. The van der Waals surface area contributed by atoms with Gasteiger partial charge >= 0.3 is 5.69 Å². The number of rotatable bonds is 2. The van der Waals surface area contributed by atoms with Crippen LogP contribution in [0.3, 0.4) is 0 Å². The number of aryl methyl sites for hydroxylation is 1. The van der Waals surface area contributed by atoms with Gasteiger partial charge in [-0.2, -0.15) is 0 Å². The average molecular weight is 191 g/mol. The van der Waals surface area contributed by atoms with E-state index in [9.17, 15) is 4.79 Å². The third-order valence-corrected chi connectivity index (χ3v) is 2.37. The fourth-order valence-electron chi connectivity index (χ4n) is 1.72. The molecular weight excluding hydrogens is 178 g/mol. The first-order valence-corrected chi connectivity index (χ1v) is 4.55. The molecule has 2 aromatic rings. The Bertz CT molecular complexity index is 510. The van der Waals surface area contributed by atoms with Crippen molar-refractivity contribution in [1.82, 2.24) is 14.9 Å². The zero-order valence-electron chi connectivity index (χ0n) is 8.29. The molecule has 0 radical (unpaired) electrons. The predicted molar refractivity (Wildman–Crippen MR) is 56.3 cm³/mol. The Hall–Kier alpha value is -1.55. The predicted octanol–water partition coefficient (Wildman–Crippen LogP) is 0.586. The molecule has 74 valence electrons. The van der Waals surface area contributed by atoms with E-state index in [1.165, 1.54) is 0 Å². The summed E-state index contributed by atoms with van der Waals surface area (Å²) in [6.45, 7) is 0.766. The van der Waals surface area contributed by atoms with Gasteiger partial charge in [0, 0.05) is 13.6 Å². The Morgan fingerprint density at radius 1 is 1.50 bits per heavy atom. The van der Waals surface area contributed by atoms with E-state index in [1.807, 2.05) is 25.2 Å². The van der Waals surface area contributed by atoms with Gasteiger partial charge < -0.3 is 10.3 Å². The van der Waals surface area contributed by atoms with Gasteiger partial charge in [0.05, 0.1) is 11.0 Å². The SMILES string of the molecule is CNCc1cccc2[nH]c(=O)n(C)c12. The standard InChI is InChI=1S/C10H13N3O/c1-11-6-7-4-3-5-8-9(7)13(2)10(14)12-8/h3-5,11H,6H2,1-2H3,(H,12,14). The van der Waals surface area contributed by atoms with Crippen LogP contribution in [0.5, 0.6) is 0 Å². The molecule has 1 heterocycles. The summed E-state index contributed by atoms with van der Waals surface area (Å²) in [5.74, 6) is 0. The number of aromatic nitrogens is 2. The van der Waals surface area contributed by atoms with Gasteiger partial charge in [-0.15, -0.1) is 0 Å². The average Bonchev–Trinajstić information content (AvgIpc) is 2.45. The van der Waals surface area contributed by atoms with Gasteiger partial charge in [-0.05, 0) is 18.7 Å². The topological polar surface area (TPSA) is 49.8 Å². The summed E-state index contributed by atoms with van der Waals surface area (Å²) in [4.78, 5) is 14.2. The number of hydrogen-bond acceptors (Lipinski definition) is 2. The van der Waals surface area contributed by atoms with Gasteiger partial charge in [0.25, 0.3) is 0 Å². The summed E-state index contributed by atoms with van der Waals surface area (Å²) >= 11 is 0. The van der Waals surface area contributed by atoms with Crippen LogP contribution in [0.25, 0.3) is 11.0 Å². The van der Waals surface area contributed by atoms with Gasteiger partial charge in [0.15, 0.2) is 0 Å². The summed E-state index contributed by atoms with van der Waals surface area (Å²) < 4.78 is 1.64. The zero-order chi connectivity index (χ0) is 10.1. The lowest BCUT2D eigenvalue weighted by molar-refractivity contribution is 0.810. The highest BCUT2D eigenvalue weighted by Gasteiger charge is 2.06. The minimum atomic E-state index is -0.0662. The van der Waals surface area contributed by atoms with Gasteiger partial charge in [0.1, 0.15) is 0 Å². The number of para-hydroxylation sites is 1. The number of hydrogen-bond donors (Lipinski definition) is 2. The molecule has 0 unspecified atom stereocenters. The summed E-state index contributed by atoms with van der Waals surface area (Å²) in [7, 11) is 3.67. The van der Waals surface area contributed by atoms with Gasteiger partial charge in [-0.25, -0.2) is 4.79 Å². The molecule has 0 saturated carbocycles. The molecule has 0 saturated heterocycles. The van der Waals surface area contributed by atoms with Crippen LogP contribution in [-0.2, 0) is 13.6 Å². The van der Waals surface area contributed by atoms with Crippen LogP contribution in [0.1, 0.15) is 5.56 Å². The van der Waals surface area contributed by atoms with Crippen molar-refractivity contribution in [2.75, 3.05) is 7.05 Å². The van der Waals surface area contributed by atoms with Crippen molar-refractivity contribution in [2.45, 2.75) is 6.54 Å². The van der Waals surface area contributed by atoms with E-state index in [1.54, 1.807) is 11.6 Å². The molecule has 1 aromatic carbocycles. The molecule has 0 fully saturated rings. The molecule has 4 nitrogen and oxygen atoms in total. The fourth-order valence-corrected chi connectivity index (χ4v) is 1.72. The maximum Gasteiger partial charge on any atom is 0.326 e. The summed E-state index contributed by atoms with van der Waals surface area (Å²) in [5, 5.41) is 3.08. The second-order valence-electron chi connectivity index (χ2n) is 3.33. The lowest BCUT2D eigenvalue weighted by atomic mass is 10.2. The van der Waals surface area contributed by atoms with Gasteiger partial charge in [0.2, 0.25) is 0 Å². The van der Waals surface area contributed by atoms with Crippen molar-refractivity contribution >= 4 is 11.0 Å². The summed E-state index contributed by atoms with van der Waals surface area (Å²) in [6.07, 6.45) is 0. The third-order valence-electron chi connectivity index (χ3n) is 2.37. The second kappa shape index (κ2) is 3.31. The highest BCUT2D eigenvalue weighted by Crippen LogP contribution is 2.14. The lowest BCUT2D eigenvalue weighted by Gasteiger charge is -2.03. The van der Waals surface area contributed by atoms with E-state index in [-0.39, 0.29) is 5.69 Å². The molecule has 2 rings (SSSR count). The van der Waals surface area contributed by atoms with Crippen LogP contribution >= 0.6 is 0 Å². The fraction of sp³-hybridized carbons (Fsp3) is 0.300. The minimum Gasteiger partial charge on any atom is -0.316 e. The first-order chi connectivity index (χ1) is 6.74. The van der Waals surface area contributed by atoms with E-state index in [2.05, 4.69) is 10.3 Å². The molecule has 0 aliphatic rings. The Morgan fingerprint density at radius 3 is 3.00 bits per heavy atom. The van der Waals surface area contributed by atoms with E-state index in [4.69, 9.17) is 0 Å². The highest BCUT2D eigenvalue weighted by atomic mass is 16.1. The monoisotopic (exact) mass is 191 g/mol. The Kier molecular flexibility index (Phi) is 2.13. The molecule has 14 heavy (non-hydrogen) atoms. The molecule has 2 N–H and O–H groups in total. The van der Waals surface area contributed by atoms with Crippen LogP contribution in [0.4, 0.5) is 0 Å². The number of fused-ring (bicyclic) bond motifs is 1. The van der Waals surface area contributed by atoms with Crippen molar-refractivity contribution in [3.05, 3.63) is 34.2 Å². The smallest absolute Gasteiger partial charge is 0.316 e. The zero-order valence-corrected chi connectivity index (χ0v) is 8.29. The number of imidazole rings is 1. The molecule has 0 bridgehead atoms. The Labute approximate surface area is 81.6 Å². The molecule has 1 aromatic heterocycles. The molecule has 0 spiro atoms. The highest BCUT2D eigenvalue weighted by molar-refractivity contribution is 5.78. The van der Waals surface area contributed by atoms with Crippen LogP contribution in [0.2, 0.25) is 0 Å². The van der Waals surface area contributed by atoms with E-state index in [0.717, 1.165) is 23.1 Å². The molecule has 4 heteroatoms. The third kappa shape index (κ3) is 1.24. The molecular formula is C10H13N3O. The second-order valence-corrected chi connectivity index (χ2v) is 3.33. The maximum atomic E-state index is 11.4. The Morgan fingerprint density at radius 2 is 2.29 bits per heavy atom. The number of nitrogens with one attached hydrogen (secondary N) is 2. The lowest BCUT2D eigenvalue weighted by Crippen LogP contribution is -2.13. The van der Waals surface area contributed by atoms with Crippen LogP contribution < -0.4 is 11.0 Å². The number of aromatic amines is 1. The van der Waals surface area contributed by atoms with Crippen LogP contribution in [-0.4, -0.2) is 16.6 Å². The summed E-state index contributed by atoms with van der Waals surface area (Å²) in [5.41, 5.74) is 2.94. The van der Waals surface area contributed by atoms with Gasteiger partial charge in [-0.1, -0.05) is 12.1 Å². The van der Waals surface area contributed by atoms with Crippen molar-refractivity contribution < 1.29 is 0 Å². The minimum absolute atomic E-state index is 0.0662. The molecule has 0 aliphatic carbocycles. The number of benzene rings is 1. The van der Waals surface area contributed by atoms with Crippen LogP contribution in [0, 0.1) is 0 Å². The van der Waals surface area contributed by atoms with Crippen molar-refractivity contribution in [3.8, 4) is 0 Å². The van der Waals surface area contributed by atoms with E-state index >= 15 is 0 Å². The van der Waals surface area contributed by atoms with E-state index in [0.29, 0.717) is 0 Å². The number of H-pyrrole nitrogens is 1. The molecule has 0 aliphatic heterocycles. The van der Waals surface area contributed by atoms with Gasteiger partial charge in [-0.3, -0.25) is 4.57 Å². The largest absolute Gasteiger partial charge is 0.326 e.